The third kappa shape index (κ3) is 4.59. The predicted molar refractivity (Wildman–Crippen MR) is 113 cm³/mol. The van der Waals surface area contributed by atoms with Crippen LogP contribution in [0.4, 0.5) is 0 Å². The SMILES string of the molecule is COc1ccc(CN2CCC(n3cc(C(=O)N4CCCCC4)nn3)CC2)cc1OC. The predicted octanol–water partition coefficient (Wildman–Crippen LogP) is 2.76. The average molecular weight is 414 g/mol. The summed E-state index contributed by atoms with van der Waals surface area (Å²) in [6.07, 6.45) is 7.20. The van der Waals surface area contributed by atoms with E-state index in [0.29, 0.717) is 11.7 Å². The molecule has 0 N–H and O–H groups in total. The molecule has 0 bridgehead atoms. The first kappa shape index (κ1) is 20.7. The van der Waals surface area contributed by atoms with Gasteiger partial charge in [-0.3, -0.25) is 9.69 Å². The third-order valence-corrected chi connectivity index (χ3v) is 6.16. The van der Waals surface area contributed by atoms with Crippen molar-refractivity contribution in [2.45, 2.75) is 44.7 Å². The zero-order chi connectivity index (χ0) is 20.9. The van der Waals surface area contributed by atoms with Crippen LogP contribution in [0.3, 0.4) is 0 Å². The minimum Gasteiger partial charge on any atom is -0.493 e. The Morgan fingerprint density at radius 1 is 1.03 bits per heavy atom. The van der Waals surface area contributed by atoms with Crippen molar-refractivity contribution in [1.82, 2.24) is 24.8 Å². The number of ether oxygens (including phenoxy) is 2. The molecule has 30 heavy (non-hydrogen) atoms. The smallest absolute Gasteiger partial charge is 0.276 e. The topological polar surface area (TPSA) is 72.7 Å². The summed E-state index contributed by atoms with van der Waals surface area (Å²) >= 11 is 0. The van der Waals surface area contributed by atoms with Gasteiger partial charge in [-0.15, -0.1) is 5.10 Å². The second-order valence-corrected chi connectivity index (χ2v) is 8.13. The van der Waals surface area contributed by atoms with Gasteiger partial charge in [0.05, 0.1) is 26.5 Å². The Hall–Kier alpha value is -2.61. The van der Waals surface area contributed by atoms with Gasteiger partial charge in [-0.05, 0) is 49.8 Å². The Balaban J connectivity index is 1.31. The largest absolute Gasteiger partial charge is 0.493 e. The maximum Gasteiger partial charge on any atom is 0.276 e. The van der Waals surface area contributed by atoms with Crippen LogP contribution >= 0.6 is 0 Å². The monoisotopic (exact) mass is 413 g/mol. The molecule has 0 spiro atoms. The van der Waals surface area contributed by atoms with Crippen molar-refractivity contribution in [2.24, 2.45) is 0 Å². The summed E-state index contributed by atoms with van der Waals surface area (Å²) in [4.78, 5) is 17.0. The molecule has 2 aromatic rings. The van der Waals surface area contributed by atoms with E-state index in [4.69, 9.17) is 9.47 Å². The molecule has 0 unspecified atom stereocenters. The second kappa shape index (κ2) is 9.47. The number of rotatable bonds is 6. The highest BCUT2D eigenvalue weighted by Gasteiger charge is 2.25. The van der Waals surface area contributed by atoms with Crippen LogP contribution in [-0.4, -0.2) is 71.1 Å². The average Bonchev–Trinajstić information content (AvgIpc) is 3.30. The fourth-order valence-electron chi connectivity index (χ4n) is 4.39. The van der Waals surface area contributed by atoms with Gasteiger partial charge >= 0.3 is 0 Å². The molecule has 3 heterocycles. The summed E-state index contributed by atoms with van der Waals surface area (Å²) in [5, 5.41) is 8.45. The Morgan fingerprint density at radius 2 is 1.77 bits per heavy atom. The van der Waals surface area contributed by atoms with Gasteiger partial charge in [-0.25, -0.2) is 4.68 Å². The molecule has 2 saturated heterocycles. The molecule has 8 heteroatoms. The van der Waals surface area contributed by atoms with E-state index in [1.54, 1.807) is 14.2 Å². The van der Waals surface area contributed by atoms with E-state index >= 15 is 0 Å². The van der Waals surface area contributed by atoms with Gasteiger partial charge in [0, 0.05) is 32.7 Å². The van der Waals surface area contributed by atoms with Crippen LogP contribution in [0.2, 0.25) is 0 Å². The molecule has 0 radical (unpaired) electrons. The van der Waals surface area contributed by atoms with Crippen molar-refractivity contribution in [3.63, 3.8) is 0 Å². The van der Waals surface area contributed by atoms with Crippen molar-refractivity contribution in [1.29, 1.82) is 0 Å². The van der Waals surface area contributed by atoms with Crippen LogP contribution in [0.25, 0.3) is 0 Å². The van der Waals surface area contributed by atoms with Gasteiger partial charge in [0.1, 0.15) is 0 Å². The molecule has 1 aromatic heterocycles. The quantitative estimate of drug-likeness (QED) is 0.725. The van der Waals surface area contributed by atoms with E-state index in [9.17, 15) is 4.79 Å². The summed E-state index contributed by atoms with van der Waals surface area (Å²) in [6.45, 7) is 4.51. The Bertz CT molecular complexity index is 854. The van der Waals surface area contributed by atoms with Crippen molar-refractivity contribution in [2.75, 3.05) is 40.4 Å². The Labute approximate surface area is 177 Å². The molecule has 0 aliphatic carbocycles. The van der Waals surface area contributed by atoms with Crippen LogP contribution in [0.15, 0.2) is 24.4 Å². The first-order chi connectivity index (χ1) is 14.7. The number of carbonyl (C=O) groups is 1. The maximum atomic E-state index is 12.6. The third-order valence-electron chi connectivity index (χ3n) is 6.16. The lowest BCUT2D eigenvalue weighted by Gasteiger charge is -2.31. The van der Waals surface area contributed by atoms with Gasteiger partial charge in [-0.1, -0.05) is 11.3 Å². The minimum absolute atomic E-state index is 0.0202. The van der Waals surface area contributed by atoms with Crippen molar-refractivity contribution < 1.29 is 14.3 Å². The van der Waals surface area contributed by atoms with Crippen LogP contribution in [-0.2, 0) is 6.54 Å². The van der Waals surface area contributed by atoms with E-state index in [0.717, 1.165) is 69.9 Å². The van der Waals surface area contributed by atoms with Crippen molar-refractivity contribution in [3.05, 3.63) is 35.7 Å². The molecule has 8 nitrogen and oxygen atoms in total. The maximum absolute atomic E-state index is 12.6. The van der Waals surface area contributed by atoms with E-state index in [1.807, 2.05) is 27.9 Å². The first-order valence-corrected chi connectivity index (χ1v) is 10.8. The van der Waals surface area contributed by atoms with Gasteiger partial charge in [0.15, 0.2) is 17.2 Å². The molecule has 1 aromatic carbocycles. The van der Waals surface area contributed by atoms with E-state index in [1.165, 1.54) is 12.0 Å². The molecular formula is C22H31N5O3. The summed E-state index contributed by atoms with van der Waals surface area (Å²) in [5.74, 6) is 1.53. The minimum atomic E-state index is 0.0202. The number of nitrogens with zero attached hydrogens (tertiary/aromatic N) is 5. The summed E-state index contributed by atoms with van der Waals surface area (Å²) in [7, 11) is 3.31. The fourth-order valence-corrected chi connectivity index (χ4v) is 4.39. The Kier molecular flexibility index (Phi) is 6.52. The first-order valence-electron chi connectivity index (χ1n) is 10.8. The fraction of sp³-hybridized carbons (Fsp3) is 0.591. The van der Waals surface area contributed by atoms with Crippen molar-refractivity contribution >= 4 is 5.91 Å². The highest BCUT2D eigenvalue weighted by Crippen LogP contribution is 2.29. The molecule has 0 saturated carbocycles. The zero-order valence-corrected chi connectivity index (χ0v) is 17.9. The normalized spacial score (nSPS) is 18.4. The van der Waals surface area contributed by atoms with Gasteiger partial charge in [-0.2, -0.15) is 0 Å². The van der Waals surface area contributed by atoms with E-state index in [-0.39, 0.29) is 5.91 Å². The molecule has 2 fully saturated rings. The van der Waals surface area contributed by atoms with Crippen LogP contribution in [0, 0.1) is 0 Å². The van der Waals surface area contributed by atoms with E-state index < -0.39 is 0 Å². The van der Waals surface area contributed by atoms with Gasteiger partial charge in [0.25, 0.3) is 5.91 Å². The number of hydrogen-bond donors (Lipinski definition) is 0. The van der Waals surface area contributed by atoms with E-state index in [2.05, 4.69) is 21.3 Å². The van der Waals surface area contributed by atoms with Crippen LogP contribution in [0.1, 0.15) is 54.2 Å². The number of aromatic nitrogens is 3. The summed E-state index contributed by atoms with van der Waals surface area (Å²) in [5.41, 5.74) is 1.69. The lowest BCUT2D eigenvalue weighted by molar-refractivity contribution is 0.0718. The molecule has 4 rings (SSSR count). The van der Waals surface area contributed by atoms with Gasteiger partial charge < -0.3 is 14.4 Å². The number of methoxy groups -OCH3 is 2. The lowest BCUT2D eigenvalue weighted by atomic mass is 10.0. The lowest BCUT2D eigenvalue weighted by Crippen LogP contribution is -2.36. The number of carbonyl (C=O) groups excluding carboxylic acids is 1. The second-order valence-electron chi connectivity index (χ2n) is 8.13. The number of amides is 1. The number of hydrogen-bond acceptors (Lipinski definition) is 6. The number of likely N-dealkylation sites (tertiary alicyclic amines) is 2. The highest BCUT2D eigenvalue weighted by molar-refractivity contribution is 5.91. The zero-order valence-electron chi connectivity index (χ0n) is 17.9. The molecular weight excluding hydrogens is 382 g/mol. The highest BCUT2D eigenvalue weighted by atomic mass is 16.5. The van der Waals surface area contributed by atoms with Gasteiger partial charge in [0.2, 0.25) is 0 Å². The number of benzene rings is 1. The molecule has 1 amide bonds. The molecule has 162 valence electrons. The Morgan fingerprint density at radius 3 is 2.47 bits per heavy atom. The summed E-state index contributed by atoms with van der Waals surface area (Å²) < 4.78 is 12.6. The molecule has 2 aliphatic heterocycles. The van der Waals surface area contributed by atoms with Crippen molar-refractivity contribution in [3.8, 4) is 11.5 Å². The summed E-state index contributed by atoms with van der Waals surface area (Å²) in [6, 6.07) is 6.38. The standard InChI is InChI=1S/C22H31N5O3/c1-29-20-7-6-17(14-21(20)30-2)15-25-12-8-18(9-13-25)27-16-19(23-24-27)22(28)26-10-4-3-5-11-26/h6-7,14,16,18H,3-5,8-13,15H2,1-2H3. The number of piperidine rings is 2. The van der Waals surface area contributed by atoms with Crippen LogP contribution in [0.5, 0.6) is 11.5 Å². The molecule has 0 atom stereocenters. The van der Waals surface area contributed by atoms with Crippen LogP contribution < -0.4 is 9.47 Å². The molecule has 2 aliphatic rings.